The van der Waals surface area contributed by atoms with E-state index in [1.807, 2.05) is 72.8 Å². The van der Waals surface area contributed by atoms with Crippen molar-refractivity contribution in [1.29, 1.82) is 0 Å². The van der Waals surface area contributed by atoms with Crippen molar-refractivity contribution in [3.05, 3.63) is 96.6 Å². The van der Waals surface area contributed by atoms with E-state index in [1.165, 1.54) is 0 Å². The Balaban J connectivity index is 1.17. The zero-order valence-electron chi connectivity index (χ0n) is 18.8. The summed E-state index contributed by atoms with van der Waals surface area (Å²) in [4.78, 5) is 12.2. The SMILES string of the molecule is CC(=CCCCOc1cccc2ccccc12)C(=O)OCCOc1cccc2ccccc12. The maximum atomic E-state index is 12.2. The normalized spacial score (nSPS) is 11.5. The van der Waals surface area contributed by atoms with Crippen molar-refractivity contribution >= 4 is 27.5 Å². The molecular formula is C29H28O4. The van der Waals surface area contributed by atoms with E-state index in [4.69, 9.17) is 14.2 Å². The van der Waals surface area contributed by atoms with E-state index in [9.17, 15) is 4.79 Å². The van der Waals surface area contributed by atoms with Gasteiger partial charge in [-0.25, -0.2) is 4.79 Å². The summed E-state index contributed by atoms with van der Waals surface area (Å²) in [6.45, 7) is 2.88. The minimum absolute atomic E-state index is 0.206. The molecule has 4 aromatic rings. The monoisotopic (exact) mass is 440 g/mol. The minimum atomic E-state index is -0.313. The molecule has 0 aliphatic heterocycles. The van der Waals surface area contributed by atoms with Crippen LogP contribution in [0.5, 0.6) is 11.5 Å². The molecule has 0 atom stereocenters. The van der Waals surface area contributed by atoms with E-state index in [-0.39, 0.29) is 12.6 Å². The van der Waals surface area contributed by atoms with Gasteiger partial charge in [0, 0.05) is 16.3 Å². The molecule has 4 nitrogen and oxygen atoms in total. The number of allylic oxidation sites excluding steroid dienone is 1. The Morgan fingerprint density at radius 1 is 0.697 bits per heavy atom. The van der Waals surface area contributed by atoms with Crippen LogP contribution in [0.15, 0.2) is 96.6 Å². The van der Waals surface area contributed by atoms with E-state index in [2.05, 4.69) is 18.2 Å². The summed E-state index contributed by atoms with van der Waals surface area (Å²) in [5.74, 6) is 1.37. The largest absolute Gasteiger partial charge is 0.493 e. The predicted molar refractivity (Wildman–Crippen MR) is 133 cm³/mol. The maximum Gasteiger partial charge on any atom is 0.333 e. The first kappa shape index (κ1) is 22.4. The molecule has 0 unspecified atom stereocenters. The molecule has 0 aliphatic rings. The first-order chi connectivity index (χ1) is 16.2. The van der Waals surface area contributed by atoms with Crippen LogP contribution in [0.4, 0.5) is 0 Å². The van der Waals surface area contributed by atoms with E-state index in [0.29, 0.717) is 18.8 Å². The molecule has 0 N–H and O–H groups in total. The standard InChI is InChI=1S/C29H28O4/c1-22(10-6-7-19-31-27-17-8-13-23-11-2-4-15-25(23)27)29(30)33-21-20-32-28-18-9-14-24-12-3-5-16-26(24)28/h2-5,8-18H,6-7,19-21H2,1H3. The Morgan fingerprint density at radius 3 is 1.88 bits per heavy atom. The second-order valence-electron chi connectivity index (χ2n) is 7.82. The molecule has 0 saturated carbocycles. The van der Waals surface area contributed by atoms with E-state index < -0.39 is 0 Å². The van der Waals surface area contributed by atoms with Crippen LogP contribution in [0, 0.1) is 0 Å². The third-order valence-corrected chi connectivity index (χ3v) is 5.45. The van der Waals surface area contributed by atoms with Crippen molar-refractivity contribution in [2.75, 3.05) is 19.8 Å². The highest BCUT2D eigenvalue weighted by Crippen LogP contribution is 2.26. The molecule has 4 aromatic carbocycles. The topological polar surface area (TPSA) is 44.8 Å². The first-order valence-electron chi connectivity index (χ1n) is 11.3. The Hall–Kier alpha value is -3.79. The Morgan fingerprint density at radius 2 is 1.24 bits per heavy atom. The molecule has 4 rings (SSSR count). The van der Waals surface area contributed by atoms with Gasteiger partial charge in [0.25, 0.3) is 0 Å². The predicted octanol–water partition coefficient (Wildman–Crippen LogP) is 6.72. The van der Waals surface area contributed by atoms with Gasteiger partial charge in [-0.05, 0) is 42.7 Å². The zero-order chi connectivity index (χ0) is 22.9. The molecule has 0 fully saturated rings. The van der Waals surface area contributed by atoms with Gasteiger partial charge in [0.1, 0.15) is 24.7 Å². The van der Waals surface area contributed by atoms with Crippen molar-refractivity contribution in [3.63, 3.8) is 0 Å². The molecule has 33 heavy (non-hydrogen) atoms. The number of fused-ring (bicyclic) bond motifs is 2. The summed E-state index contributed by atoms with van der Waals surface area (Å²) in [7, 11) is 0. The van der Waals surface area contributed by atoms with Gasteiger partial charge in [0.05, 0.1) is 6.61 Å². The van der Waals surface area contributed by atoms with Gasteiger partial charge in [0.15, 0.2) is 0 Å². The zero-order valence-corrected chi connectivity index (χ0v) is 18.8. The molecule has 0 radical (unpaired) electrons. The molecule has 0 heterocycles. The number of unbranched alkanes of at least 4 members (excludes halogenated alkanes) is 1. The Kier molecular flexibility index (Phi) is 7.60. The molecule has 0 aromatic heterocycles. The van der Waals surface area contributed by atoms with Crippen LogP contribution in [0.3, 0.4) is 0 Å². The van der Waals surface area contributed by atoms with Crippen LogP contribution in [0.2, 0.25) is 0 Å². The summed E-state index contributed by atoms with van der Waals surface area (Å²) in [5, 5.41) is 4.45. The van der Waals surface area contributed by atoms with Gasteiger partial charge in [0.2, 0.25) is 0 Å². The fourth-order valence-corrected chi connectivity index (χ4v) is 3.71. The molecule has 0 aliphatic carbocycles. The number of esters is 1. The number of hydrogen-bond donors (Lipinski definition) is 0. The Labute approximate surface area is 194 Å². The van der Waals surface area contributed by atoms with Crippen LogP contribution in [0.25, 0.3) is 21.5 Å². The van der Waals surface area contributed by atoms with Gasteiger partial charge < -0.3 is 14.2 Å². The minimum Gasteiger partial charge on any atom is -0.493 e. The maximum absolute atomic E-state index is 12.2. The number of carbonyl (C=O) groups is 1. The fourth-order valence-electron chi connectivity index (χ4n) is 3.71. The first-order valence-corrected chi connectivity index (χ1v) is 11.3. The van der Waals surface area contributed by atoms with Crippen molar-refractivity contribution in [3.8, 4) is 11.5 Å². The van der Waals surface area contributed by atoms with E-state index in [1.54, 1.807) is 6.92 Å². The van der Waals surface area contributed by atoms with Crippen LogP contribution in [0.1, 0.15) is 19.8 Å². The van der Waals surface area contributed by atoms with Gasteiger partial charge in [-0.2, -0.15) is 0 Å². The second-order valence-corrected chi connectivity index (χ2v) is 7.82. The molecule has 0 saturated heterocycles. The molecular weight excluding hydrogens is 412 g/mol. The molecule has 0 spiro atoms. The van der Waals surface area contributed by atoms with Crippen molar-refractivity contribution in [2.45, 2.75) is 19.8 Å². The Bertz CT molecular complexity index is 1250. The molecule has 4 heteroatoms. The number of benzene rings is 4. The van der Waals surface area contributed by atoms with Gasteiger partial charge >= 0.3 is 5.97 Å². The third-order valence-electron chi connectivity index (χ3n) is 5.45. The van der Waals surface area contributed by atoms with Gasteiger partial charge in [-0.3, -0.25) is 0 Å². The van der Waals surface area contributed by atoms with Crippen molar-refractivity contribution in [1.82, 2.24) is 0 Å². The van der Waals surface area contributed by atoms with E-state index >= 15 is 0 Å². The smallest absolute Gasteiger partial charge is 0.333 e. The van der Waals surface area contributed by atoms with E-state index in [0.717, 1.165) is 45.9 Å². The highest BCUT2D eigenvalue weighted by molar-refractivity contribution is 5.89. The quantitative estimate of drug-likeness (QED) is 0.156. The fraction of sp³-hybridized carbons (Fsp3) is 0.207. The van der Waals surface area contributed by atoms with Gasteiger partial charge in [-0.15, -0.1) is 0 Å². The lowest BCUT2D eigenvalue weighted by Gasteiger charge is -2.10. The average Bonchev–Trinajstić information content (AvgIpc) is 2.86. The number of hydrogen-bond acceptors (Lipinski definition) is 4. The lowest BCUT2D eigenvalue weighted by atomic mass is 10.1. The molecule has 0 bridgehead atoms. The van der Waals surface area contributed by atoms with Crippen LogP contribution in [-0.2, 0) is 9.53 Å². The van der Waals surface area contributed by atoms with Crippen LogP contribution in [-0.4, -0.2) is 25.8 Å². The van der Waals surface area contributed by atoms with Crippen molar-refractivity contribution < 1.29 is 19.0 Å². The number of ether oxygens (including phenoxy) is 3. The van der Waals surface area contributed by atoms with Crippen LogP contribution >= 0.6 is 0 Å². The van der Waals surface area contributed by atoms with Crippen LogP contribution < -0.4 is 9.47 Å². The summed E-state index contributed by atoms with van der Waals surface area (Å²) < 4.78 is 17.1. The highest BCUT2D eigenvalue weighted by atomic mass is 16.6. The second kappa shape index (κ2) is 11.2. The molecule has 0 amide bonds. The average molecular weight is 441 g/mol. The molecule has 168 valence electrons. The third kappa shape index (κ3) is 5.92. The lowest BCUT2D eigenvalue weighted by Crippen LogP contribution is -2.13. The summed E-state index contributed by atoms with van der Waals surface area (Å²) in [6.07, 6.45) is 3.47. The number of carbonyl (C=O) groups excluding carboxylic acids is 1. The summed E-state index contributed by atoms with van der Waals surface area (Å²) in [5.41, 5.74) is 0.602. The summed E-state index contributed by atoms with van der Waals surface area (Å²) >= 11 is 0. The van der Waals surface area contributed by atoms with Gasteiger partial charge in [-0.1, -0.05) is 78.9 Å². The number of rotatable bonds is 10. The highest BCUT2D eigenvalue weighted by Gasteiger charge is 2.07. The van der Waals surface area contributed by atoms with Crippen molar-refractivity contribution in [2.24, 2.45) is 0 Å². The lowest BCUT2D eigenvalue weighted by molar-refractivity contribution is -0.139. The summed E-state index contributed by atoms with van der Waals surface area (Å²) in [6, 6.07) is 28.2.